The van der Waals surface area contributed by atoms with Gasteiger partial charge in [0.1, 0.15) is 5.75 Å². The monoisotopic (exact) mass is 232 g/mol. The Hall–Kier alpha value is -0.260. The lowest BCUT2D eigenvalue weighted by molar-refractivity contribution is 0.626. The highest BCUT2D eigenvalue weighted by Crippen LogP contribution is 2.22. The molecule has 0 amide bonds. The Kier molecular flexibility index (Phi) is 7.93. The first-order valence-corrected chi connectivity index (χ1v) is 5.91. The van der Waals surface area contributed by atoms with Gasteiger partial charge in [0.15, 0.2) is 0 Å². The molecule has 0 radical (unpaired) electrons. The smallest absolute Gasteiger partial charge is 0.123 e. The van der Waals surface area contributed by atoms with Gasteiger partial charge in [-0.15, -0.1) is 12.4 Å². The van der Waals surface area contributed by atoms with Gasteiger partial charge in [0.25, 0.3) is 0 Å². The van der Waals surface area contributed by atoms with Crippen molar-refractivity contribution in [3.63, 3.8) is 0 Å². The molecule has 0 bridgehead atoms. The van der Waals surface area contributed by atoms with Crippen molar-refractivity contribution in [2.75, 3.05) is 6.16 Å². The van der Waals surface area contributed by atoms with Gasteiger partial charge in [-0.1, -0.05) is 25.5 Å². The van der Waals surface area contributed by atoms with Gasteiger partial charge in [0, 0.05) is 6.16 Å². The fourth-order valence-corrected chi connectivity index (χ4v) is 1.96. The van der Waals surface area contributed by atoms with E-state index >= 15 is 0 Å². The van der Waals surface area contributed by atoms with Crippen molar-refractivity contribution in [1.82, 2.24) is 0 Å². The van der Waals surface area contributed by atoms with E-state index in [4.69, 9.17) is 4.52 Å². The normalized spacial score (nSPS) is 10.1. The third-order valence-electron chi connectivity index (χ3n) is 1.81. The fourth-order valence-electron chi connectivity index (χ4n) is 1.06. The van der Waals surface area contributed by atoms with E-state index in [9.17, 15) is 0 Å². The Bertz CT molecular complexity index is 253. The van der Waals surface area contributed by atoms with Gasteiger partial charge in [0.2, 0.25) is 0 Å². The summed E-state index contributed by atoms with van der Waals surface area (Å²) in [5.74, 6) is 1.01. The molecule has 0 aromatic heterocycles. The summed E-state index contributed by atoms with van der Waals surface area (Å²) in [6, 6.07) is 8.22. The summed E-state index contributed by atoms with van der Waals surface area (Å²) in [5.41, 5.74) is 1.26. The topological polar surface area (TPSA) is 9.23 Å². The van der Waals surface area contributed by atoms with Gasteiger partial charge in [0.05, 0.1) is 8.81 Å². The average Bonchev–Trinajstić information content (AvgIpc) is 2.13. The van der Waals surface area contributed by atoms with Crippen molar-refractivity contribution in [2.45, 2.75) is 26.7 Å². The quantitative estimate of drug-likeness (QED) is 0.546. The minimum atomic E-state index is 0. The largest absolute Gasteiger partial charge is 0.477 e. The number of unbranched alkanes of at least 4 members (excludes halogenated alkanes) is 1. The molecule has 80 valence electrons. The van der Waals surface area contributed by atoms with Gasteiger partial charge in [-0.3, -0.25) is 0 Å². The van der Waals surface area contributed by atoms with E-state index in [1.54, 1.807) is 0 Å². The van der Waals surface area contributed by atoms with Gasteiger partial charge < -0.3 is 4.52 Å². The molecule has 14 heavy (non-hydrogen) atoms. The second-order valence-corrected chi connectivity index (χ2v) is 4.16. The summed E-state index contributed by atoms with van der Waals surface area (Å²) in [6.45, 7) is 4.29. The van der Waals surface area contributed by atoms with Crippen LogP contribution < -0.4 is 4.52 Å². The molecule has 3 heteroatoms. The molecule has 0 saturated heterocycles. The Morgan fingerprint density at radius 1 is 1.36 bits per heavy atom. The van der Waals surface area contributed by atoms with Crippen molar-refractivity contribution in [1.29, 1.82) is 0 Å². The lowest BCUT2D eigenvalue weighted by atomic mass is 10.2. The summed E-state index contributed by atoms with van der Waals surface area (Å²) < 4.78 is 5.62. The maximum absolute atomic E-state index is 5.62. The third kappa shape index (κ3) is 5.47. The van der Waals surface area contributed by atoms with Crippen LogP contribution in [-0.4, -0.2) is 6.16 Å². The van der Waals surface area contributed by atoms with Gasteiger partial charge in [-0.05, 0) is 31.0 Å². The number of benzene rings is 1. The van der Waals surface area contributed by atoms with Gasteiger partial charge in [-0.25, -0.2) is 0 Å². The fraction of sp³-hybridized carbons (Fsp3) is 0.455. The van der Waals surface area contributed by atoms with Gasteiger partial charge >= 0.3 is 0 Å². The zero-order valence-corrected chi connectivity index (χ0v) is 10.6. The van der Waals surface area contributed by atoms with Crippen molar-refractivity contribution in [3.05, 3.63) is 29.8 Å². The molecule has 1 atom stereocenters. The van der Waals surface area contributed by atoms with Crippen LogP contribution in [-0.2, 0) is 0 Å². The molecule has 1 rings (SSSR count). The molecule has 0 heterocycles. The van der Waals surface area contributed by atoms with Crippen molar-refractivity contribution >= 4 is 21.2 Å². The van der Waals surface area contributed by atoms with Crippen molar-refractivity contribution < 1.29 is 4.52 Å². The molecule has 0 aliphatic rings. The maximum Gasteiger partial charge on any atom is 0.123 e. The number of hydrogen-bond acceptors (Lipinski definition) is 1. The lowest BCUT2D eigenvalue weighted by Crippen LogP contribution is -1.82. The molecule has 0 saturated carbocycles. The highest BCUT2D eigenvalue weighted by atomic mass is 35.5. The van der Waals surface area contributed by atoms with E-state index in [0.717, 1.165) is 5.75 Å². The van der Waals surface area contributed by atoms with Crippen LogP contribution in [0.15, 0.2) is 24.3 Å². The molecular weight excluding hydrogens is 215 g/mol. The van der Waals surface area contributed by atoms with Crippen LogP contribution in [0.4, 0.5) is 0 Å². The van der Waals surface area contributed by atoms with E-state index < -0.39 is 0 Å². The first kappa shape index (κ1) is 13.7. The molecule has 1 unspecified atom stereocenters. The van der Waals surface area contributed by atoms with Crippen molar-refractivity contribution in [3.8, 4) is 5.75 Å². The average molecular weight is 233 g/mol. The Morgan fingerprint density at radius 3 is 2.79 bits per heavy atom. The molecule has 0 N–H and O–H groups in total. The van der Waals surface area contributed by atoms with Crippen LogP contribution in [0.1, 0.15) is 25.3 Å². The van der Waals surface area contributed by atoms with E-state index in [-0.39, 0.29) is 12.4 Å². The number of halogens is 1. The summed E-state index contributed by atoms with van der Waals surface area (Å²) in [5, 5.41) is 0. The zero-order valence-electron chi connectivity index (χ0n) is 8.75. The standard InChI is InChI=1S/C11H17OP.ClH/c1-3-4-8-13-12-11-7-5-6-10(2)9-11;/h5-7,9,13H,3-4,8H2,1-2H3;1H. The summed E-state index contributed by atoms with van der Waals surface area (Å²) in [4.78, 5) is 0. The lowest BCUT2D eigenvalue weighted by Gasteiger charge is -2.05. The van der Waals surface area contributed by atoms with E-state index in [0.29, 0.717) is 8.81 Å². The first-order valence-electron chi connectivity index (χ1n) is 4.79. The Labute approximate surface area is 94.5 Å². The SMILES string of the molecule is CCCCPOc1cccc(C)c1.Cl. The minimum absolute atomic E-state index is 0. The van der Waals surface area contributed by atoms with E-state index in [1.165, 1.54) is 24.6 Å². The third-order valence-corrected chi connectivity index (χ3v) is 2.75. The van der Waals surface area contributed by atoms with Gasteiger partial charge in [-0.2, -0.15) is 0 Å². The molecular formula is C11H18ClOP. The van der Waals surface area contributed by atoms with Crippen molar-refractivity contribution in [2.24, 2.45) is 0 Å². The van der Waals surface area contributed by atoms with Crippen LogP contribution >= 0.6 is 21.2 Å². The molecule has 0 aliphatic carbocycles. The second-order valence-electron chi connectivity index (χ2n) is 3.17. The van der Waals surface area contributed by atoms with Crippen LogP contribution in [0.3, 0.4) is 0 Å². The predicted octanol–water partition coefficient (Wildman–Crippen LogP) is 4.19. The second kappa shape index (κ2) is 8.08. The number of rotatable bonds is 5. The number of aryl methyl sites for hydroxylation is 1. The summed E-state index contributed by atoms with van der Waals surface area (Å²) in [6.07, 6.45) is 3.71. The van der Waals surface area contributed by atoms with Crippen LogP contribution in [0.5, 0.6) is 5.75 Å². The van der Waals surface area contributed by atoms with Crippen LogP contribution in [0, 0.1) is 6.92 Å². The van der Waals surface area contributed by atoms with Crippen LogP contribution in [0.25, 0.3) is 0 Å². The molecule has 1 aromatic carbocycles. The molecule has 1 aromatic rings. The number of hydrogen-bond donors (Lipinski definition) is 0. The Morgan fingerprint density at radius 2 is 2.14 bits per heavy atom. The molecule has 0 aliphatic heterocycles. The van der Waals surface area contributed by atoms with E-state index in [1.807, 2.05) is 12.1 Å². The van der Waals surface area contributed by atoms with Crippen LogP contribution in [0.2, 0.25) is 0 Å². The van der Waals surface area contributed by atoms with E-state index in [2.05, 4.69) is 26.0 Å². The highest BCUT2D eigenvalue weighted by molar-refractivity contribution is 7.32. The zero-order chi connectivity index (χ0) is 9.52. The molecule has 1 nitrogen and oxygen atoms in total. The summed E-state index contributed by atoms with van der Waals surface area (Å²) in [7, 11) is 0.613. The first-order chi connectivity index (χ1) is 6.33. The Balaban J connectivity index is 0.00000169. The molecule has 0 spiro atoms. The maximum atomic E-state index is 5.62. The minimum Gasteiger partial charge on any atom is -0.477 e. The predicted molar refractivity (Wildman–Crippen MR) is 67.1 cm³/mol. The summed E-state index contributed by atoms with van der Waals surface area (Å²) >= 11 is 0. The highest BCUT2D eigenvalue weighted by Gasteiger charge is 1.93. The molecule has 0 fully saturated rings.